The highest BCUT2D eigenvalue weighted by Crippen LogP contribution is 2.33. The third kappa shape index (κ3) is 1.99. The van der Waals surface area contributed by atoms with E-state index in [9.17, 15) is 5.11 Å². The molecule has 0 saturated heterocycles. The fraction of sp³-hybridized carbons (Fsp3) is 0. The molecule has 4 heteroatoms. The number of H-pyrrole nitrogens is 1. The first kappa shape index (κ1) is 10.2. The van der Waals surface area contributed by atoms with Gasteiger partial charge in [-0.15, -0.1) is 0 Å². The number of para-hydroxylation sites is 3. The maximum Gasteiger partial charge on any atom is 0.171 e. The van der Waals surface area contributed by atoms with Crippen LogP contribution in [-0.4, -0.2) is 15.1 Å². The van der Waals surface area contributed by atoms with Gasteiger partial charge in [-0.25, -0.2) is 4.98 Å². The minimum Gasteiger partial charge on any atom is -0.507 e. The Hall–Kier alpha value is -1.94. The first-order chi connectivity index (χ1) is 8.33. The van der Waals surface area contributed by atoms with Crippen LogP contribution in [0.25, 0.3) is 11.0 Å². The quantitative estimate of drug-likeness (QED) is 0.724. The summed E-state index contributed by atoms with van der Waals surface area (Å²) in [5, 5.41) is 10.5. The van der Waals surface area contributed by atoms with Crippen molar-refractivity contribution in [1.82, 2.24) is 9.97 Å². The highest BCUT2D eigenvalue weighted by atomic mass is 32.2. The molecule has 2 N–H and O–H groups in total. The van der Waals surface area contributed by atoms with Crippen LogP contribution in [0, 0.1) is 0 Å². The Labute approximate surface area is 103 Å². The van der Waals surface area contributed by atoms with E-state index in [1.807, 2.05) is 36.4 Å². The second kappa shape index (κ2) is 4.14. The van der Waals surface area contributed by atoms with Gasteiger partial charge in [-0.2, -0.15) is 0 Å². The Morgan fingerprint density at radius 2 is 1.76 bits per heavy atom. The van der Waals surface area contributed by atoms with Crippen molar-refractivity contribution in [2.45, 2.75) is 10.1 Å². The second-order valence-electron chi connectivity index (χ2n) is 3.63. The molecule has 0 atom stereocenters. The van der Waals surface area contributed by atoms with Crippen molar-refractivity contribution in [2.24, 2.45) is 0 Å². The Bertz CT molecular complexity index is 630. The number of nitrogens with one attached hydrogen (secondary N) is 1. The minimum atomic E-state index is 0.276. The van der Waals surface area contributed by atoms with Crippen LogP contribution < -0.4 is 0 Å². The fourth-order valence-electron chi connectivity index (χ4n) is 1.63. The number of hydrogen-bond acceptors (Lipinski definition) is 3. The number of nitrogens with zero attached hydrogens (tertiary/aromatic N) is 1. The number of phenols is 1. The van der Waals surface area contributed by atoms with Crippen molar-refractivity contribution in [3.8, 4) is 5.75 Å². The van der Waals surface area contributed by atoms with Gasteiger partial charge in [0.2, 0.25) is 0 Å². The van der Waals surface area contributed by atoms with Crippen LogP contribution >= 0.6 is 11.8 Å². The lowest BCUT2D eigenvalue weighted by Gasteiger charge is -1.99. The van der Waals surface area contributed by atoms with Crippen molar-refractivity contribution in [1.29, 1.82) is 0 Å². The molecule has 0 radical (unpaired) electrons. The number of aromatic nitrogens is 2. The van der Waals surface area contributed by atoms with Crippen LogP contribution in [0.1, 0.15) is 0 Å². The van der Waals surface area contributed by atoms with Crippen LogP contribution in [0.3, 0.4) is 0 Å². The summed E-state index contributed by atoms with van der Waals surface area (Å²) in [5.74, 6) is 0.276. The van der Waals surface area contributed by atoms with Crippen LogP contribution in [0.5, 0.6) is 5.75 Å². The second-order valence-corrected chi connectivity index (χ2v) is 4.66. The molecule has 0 aliphatic rings. The van der Waals surface area contributed by atoms with E-state index < -0.39 is 0 Å². The summed E-state index contributed by atoms with van der Waals surface area (Å²) in [7, 11) is 0. The molecule has 0 amide bonds. The predicted molar refractivity (Wildman–Crippen MR) is 68.3 cm³/mol. The molecule has 3 rings (SSSR count). The van der Waals surface area contributed by atoms with E-state index in [1.54, 1.807) is 12.1 Å². The van der Waals surface area contributed by atoms with E-state index in [0.717, 1.165) is 21.1 Å². The van der Waals surface area contributed by atoms with Gasteiger partial charge in [0.15, 0.2) is 5.16 Å². The van der Waals surface area contributed by atoms with E-state index in [1.165, 1.54) is 11.8 Å². The van der Waals surface area contributed by atoms with Gasteiger partial charge in [0.25, 0.3) is 0 Å². The predicted octanol–water partition coefficient (Wildman–Crippen LogP) is 3.42. The Kier molecular flexibility index (Phi) is 2.49. The number of phenolic OH excluding ortho intramolecular Hbond substituents is 1. The number of rotatable bonds is 2. The molecule has 0 unspecified atom stereocenters. The van der Waals surface area contributed by atoms with Gasteiger partial charge in [-0.1, -0.05) is 24.3 Å². The molecule has 17 heavy (non-hydrogen) atoms. The van der Waals surface area contributed by atoms with E-state index in [-0.39, 0.29) is 5.75 Å². The number of imidazole rings is 1. The third-order valence-corrected chi connectivity index (χ3v) is 3.39. The molecule has 84 valence electrons. The largest absolute Gasteiger partial charge is 0.507 e. The van der Waals surface area contributed by atoms with Gasteiger partial charge < -0.3 is 10.1 Å². The van der Waals surface area contributed by atoms with Crippen LogP contribution in [0.4, 0.5) is 0 Å². The molecule has 0 aliphatic heterocycles. The number of aromatic hydroxyl groups is 1. The molecule has 0 bridgehead atoms. The van der Waals surface area contributed by atoms with Gasteiger partial charge in [0.05, 0.1) is 15.9 Å². The molecule has 0 spiro atoms. The molecule has 1 aromatic heterocycles. The summed E-state index contributed by atoms with van der Waals surface area (Å²) in [6.07, 6.45) is 0. The molecule has 2 aromatic carbocycles. The summed E-state index contributed by atoms with van der Waals surface area (Å²) in [6, 6.07) is 15.1. The Morgan fingerprint density at radius 3 is 2.59 bits per heavy atom. The van der Waals surface area contributed by atoms with Gasteiger partial charge in [-0.3, -0.25) is 0 Å². The van der Waals surface area contributed by atoms with E-state index in [0.29, 0.717) is 0 Å². The molecule has 3 aromatic rings. The van der Waals surface area contributed by atoms with Crippen LogP contribution in [-0.2, 0) is 0 Å². The average molecular weight is 242 g/mol. The monoisotopic (exact) mass is 242 g/mol. The van der Waals surface area contributed by atoms with Gasteiger partial charge in [-0.05, 0) is 36.0 Å². The molecule has 1 heterocycles. The smallest absolute Gasteiger partial charge is 0.171 e. The van der Waals surface area contributed by atoms with Crippen molar-refractivity contribution in [3.63, 3.8) is 0 Å². The molecule has 0 saturated carbocycles. The SMILES string of the molecule is Oc1ccccc1Sc1nc2ccccc2[nH]1. The molecule has 0 fully saturated rings. The van der Waals surface area contributed by atoms with Crippen LogP contribution in [0.15, 0.2) is 58.6 Å². The van der Waals surface area contributed by atoms with Crippen molar-refractivity contribution in [3.05, 3.63) is 48.5 Å². The zero-order chi connectivity index (χ0) is 11.7. The lowest BCUT2D eigenvalue weighted by atomic mass is 10.3. The minimum absolute atomic E-state index is 0.276. The van der Waals surface area contributed by atoms with E-state index in [2.05, 4.69) is 9.97 Å². The fourth-order valence-corrected chi connectivity index (χ4v) is 2.46. The highest BCUT2D eigenvalue weighted by molar-refractivity contribution is 7.99. The Balaban J connectivity index is 1.98. The lowest BCUT2D eigenvalue weighted by Crippen LogP contribution is -1.76. The molecular weight excluding hydrogens is 232 g/mol. The van der Waals surface area contributed by atoms with E-state index in [4.69, 9.17) is 0 Å². The zero-order valence-corrected chi connectivity index (χ0v) is 9.74. The normalized spacial score (nSPS) is 10.8. The number of benzene rings is 2. The first-order valence-electron chi connectivity index (χ1n) is 5.23. The van der Waals surface area contributed by atoms with Gasteiger partial charge in [0.1, 0.15) is 5.75 Å². The maximum absolute atomic E-state index is 9.68. The molecular formula is C13H10N2OS. The third-order valence-electron chi connectivity index (χ3n) is 2.44. The van der Waals surface area contributed by atoms with Crippen molar-refractivity contribution >= 4 is 22.8 Å². The average Bonchev–Trinajstić information content (AvgIpc) is 2.74. The van der Waals surface area contributed by atoms with Crippen molar-refractivity contribution in [2.75, 3.05) is 0 Å². The topological polar surface area (TPSA) is 48.9 Å². The lowest BCUT2D eigenvalue weighted by molar-refractivity contribution is 0.462. The summed E-state index contributed by atoms with van der Waals surface area (Å²) in [6.45, 7) is 0. The summed E-state index contributed by atoms with van der Waals surface area (Å²) in [4.78, 5) is 8.46. The maximum atomic E-state index is 9.68. The number of aromatic amines is 1. The number of hydrogen-bond donors (Lipinski definition) is 2. The van der Waals surface area contributed by atoms with Crippen LogP contribution in [0.2, 0.25) is 0 Å². The summed E-state index contributed by atoms with van der Waals surface area (Å²) < 4.78 is 0. The standard InChI is InChI=1S/C13H10N2OS/c16-11-7-3-4-8-12(11)17-13-14-9-5-1-2-6-10(9)15-13/h1-8,16H,(H,14,15). The summed E-state index contributed by atoms with van der Waals surface area (Å²) in [5.41, 5.74) is 1.94. The van der Waals surface area contributed by atoms with E-state index >= 15 is 0 Å². The Morgan fingerprint density at radius 1 is 1.00 bits per heavy atom. The summed E-state index contributed by atoms with van der Waals surface area (Å²) >= 11 is 1.42. The van der Waals surface area contributed by atoms with Gasteiger partial charge in [0, 0.05) is 0 Å². The van der Waals surface area contributed by atoms with Crippen molar-refractivity contribution < 1.29 is 5.11 Å². The van der Waals surface area contributed by atoms with Gasteiger partial charge >= 0.3 is 0 Å². The first-order valence-corrected chi connectivity index (χ1v) is 6.05. The zero-order valence-electron chi connectivity index (χ0n) is 8.92. The molecule has 0 aliphatic carbocycles. The molecule has 3 nitrogen and oxygen atoms in total. The highest BCUT2D eigenvalue weighted by Gasteiger charge is 2.06. The number of fused-ring (bicyclic) bond motifs is 1.